The highest BCUT2D eigenvalue weighted by Crippen LogP contribution is 2.58. The van der Waals surface area contributed by atoms with Crippen LogP contribution in [0.15, 0.2) is 28.7 Å². The van der Waals surface area contributed by atoms with E-state index in [9.17, 15) is 14.7 Å². The Hall–Kier alpha value is -2.70. The smallest absolute Gasteiger partial charge is 0.307 e. The molecule has 120 valence electrons. The molecule has 1 aromatic heterocycles. The summed E-state index contributed by atoms with van der Waals surface area (Å²) in [7, 11) is 0. The van der Waals surface area contributed by atoms with Crippen molar-refractivity contribution >= 4 is 17.6 Å². The third-order valence-corrected chi connectivity index (χ3v) is 4.32. The maximum Gasteiger partial charge on any atom is 0.307 e. The number of aryl methyl sites for hydroxylation is 1. The summed E-state index contributed by atoms with van der Waals surface area (Å²) >= 11 is 0. The maximum absolute atomic E-state index is 12.5. The summed E-state index contributed by atoms with van der Waals surface area (Å²) in [5, 5.41) is 19.7. The lowest BCUT2D eigenvalue weighted by atomic mass is 10.1. The van der Waals surface area contributed by atoms with Crippen molar-refractivity contribution in [1.82, 2.24) is 10.2 Å². The van der Waals surface area contributed by atoms with Crippen LogP contribution in [0.3, 0.4) is 0 Å². The highest BCUT2D eigenvalue weighted by Gasteiger charge is 2.65. The van der Waals surface area contributed by atoms with Crippen LogP contribution in [0.1, 0.15) is 19.7 Å². The fourth-order valence-corrected chi connectivity index (χ4v) is 2.98. The zero-order valence-corrected chi connectivity index (χ0v) is 13.0. The van der Waals surface area contributed by atoms with Crippen molar-refractivity contribution < 1.29 is 19.1 Å². The minimum atomic E-state index is -0.948. The van der Waals surface area contributed by atoms with Gasteiger partial charge in [-0.3, -0.25) is 9.59 Å². The van der Waals surface area contributed by atoms with Gasteiger partial charge >= 0.3 is 5.97 Å². The number of anilines is 1. The zero-order valence-electron chi connectivity index (χ0n) is 13.0. The van der Waals surface area contributed by atoms with Crippen molar-refractivity contribution in [2.75, 3.05) is 5.32 Å². The van der Waals surface area contributed by atoms with Crippen LogP contribution >= 0.6 is 0 Å². The number of nitrogens with one attached hydrogen (secondary N) is 1. The number of hydrogen-bond donors (Lipinski definition) is 2. The first-order valence-electron chi connectivity index (χ1n) is 7.25. The molecule has 1 aromatic carbocycles. The van der Waals surface area contributed by atoms with E-state index < -0.39 is 23.2 Å². The number of carbonyl (C=O) groups is 2. The van der Waals surface area contributed by atoms with Gasteiger partial charge in [-0.25, -0.2) is 0 Å². The van der Waals surface area contributed by atoms with Gasteiger partial charge in [0.05, 0.1) is 23.1 Å². The number of amides is 1. The van der Waals surface area contributed by atoms with Crippen LogP contribution in [0, 0.1) is 24.2 Å². The quantitative estimate of drug-likeness (QED) is 0.897. The molecule has 1 saturated carbocycles. The molecular formula is C16H17N3O4. The van der Waals surface area contributed by atoms with Gasteiger partial charge in [-0.15, -0.1) is 10.2 Å². The molecule has 0 bridgehead atoms. The minimum absolute atomic E-state index is 0.309. The second-order valence-electron chi connectivity index (χ2n) is 6.28. The first kappa shape index (κ1) is 15.2. The van der Waals surface area contributed by atoms with Crippen molar-refractivity contribution in [3.8, 4) is 11.5 Å². The summed E-state index contributed by atoms with van der Waals surface area (Å²) in [5.41, 5.74) is 0.575. The van der Waals surface area contributed by atoms with Crippen LogP contribution in [0.5, 0.6) is 0 Å². The molecule has 2 N–H and O–H groups in total. The Morgan fingerprint density at radius 3 is 2.48 bits per heavy atom. The van der Waals surface area contributed by atoms with Crippen molar-refractivity contribution in [2.45, 2.75) is 20.8 Å². The average Bonchev–Trinajstić information content (AvgIpc) is 2.83. The summed E-state index contributed by atoms with van der Waals surface area (Å²) in [6, 6.07) is 7.05. The molecule has 0 radical (unpaired) electrons. The third-order valence-electron chi connectivity index (χ3n) is 4.32. The highest BCUT2D eigenvalue weighted by molar-refractivity contribution is 6.01. The van der Waals surface area contributed by atoms with E-state index in [1.54, 1.807) is 45.0 Å². The Labute approximate surface area is 132 Å². The lowest BCUT2D eigenvalue weighted by Crippen LogP contribution is -2.18. The van der Waals surface area contributed by atoms with Crippen LogP contribution in [0.4, 0.5) is 5.69 Å². The van der Waals surface area contributed by atoms with Gasteiger partial charge in [0.25, 0.3) is 0 Å². The molecule has 23 heavy (non-hydrogen) atoms. The molecule has 7 nitrogen and oxygen atoms in total. The van der Waals surface area contributed by atoms with Gasteiger partial charge in [0.2, 0.25) is 17.7 Å². The molecule has 0 saturated heterocycles. The Morgan fingerprint density at radius 1 is 1.22 bits per heavy atom. The lowest BCUT2D eigenvalue weighted by Gasteiger charge is -2.09. The molecule has 1 aliphatic rings. The number of hydrogen-bond acceptors (Lipinski definition) is 5. The van der Waals surface area contributed by atoms with Crippen molar-refractivity contribution in [1.29, 1.82) is 0 Å². The van der Waals surface area contributed by atoms with Crippen LogP contribution < -0.4 is 5.32 Å². The van der Waals surface area contributed by atoms with Crippen LogP contribution in [0.25, 0.3) is 11.5 Å². The topological polar surface area (TPSA) is 105 Å². The van der Waals surface area contributed by atoms with Crippen LogP contribution in [0.2, 0.25) is 0 Å². The molecule has 0 unspecified atom stereocenters. The number of carboxylic acid groups (broad SMARTS) is 1. The number of nitrogens with zero attached hydrogens (tertiary/aromatic N) is 2. The van der Waals surface area contributed by atoms with E-state index >= 15 is 0 Å². The molecule has 1 heterocycles. The van der Waals surface area contributed by atoms with Gasteiger partial charge in [0.1, 0.15) is 0 Å². The largest absolute Gasteiger partial charge is 0.481 e. The van der Waals surface area contributed by atoms with Gasteiger partial charge in [-0.2, -0.15) is 0 Å². The van der Waals surface area contributed by atoms with Crippen LogP contribution in [-0.4, -0.2) is 27.2 Å². The molecule has 0 aliphatic heterocycles. The molecule has 1 aliphatic carbocycles. The van der Waals surface area contributed by atoms with E-state index in [4.69, 9.17) is 4.42 Å². The molecule has 2 aromatic rings. The lowest BCUT2D eigenvalue weighted by molar-refractivity contribution is -0.140. The highest BCUT2D eigenvalue weighted by atomic mass is 16.4. The predicted octanol–water partition coefficient (Wildman–Crippen LogP) is 2.34. The van der Waals surface area contributed by atoms with E-state index in [0.717, 1.165) is 0 Å². The number of carboxylic acids is 1. The van der Waals surface area contributed by atoms with E-state index in [1.165, 1.54) is 0 Å². The van der Waals surface area contributed by atoms with E-state index in [2.05, 4.69) is 15.5 Å². The Bertz CT molecular complexity index is 781. The number of para-hydroxylation sites is 1. The molecule has 0 spiro atoms. The molecule has 7 heteroatoms. The van der Waals surface area contributed by atoms with Gasteiger partial charge < -0.3 is 14.8 Å². The first-order valence-corrected chi connectivity index (χ1v) is 7.25. The average molecular weight is 315 g/mol. The molecule has 1 fully saturated rings. The number of benzene rings is 1. The number of aliphatic carboxylic acids is 1. The summed E-state index contributed by atoms with van der Waals surface area (Å²) in [5.74, 6) is -1.75. The fraction of sp³-hybridized carbons (Fsp3) is 0.375. The van der Waals surface area contributed by atoms with Crippen LogP contribution in [-0.2, 0) is 9.59 Å². The normalized spacial score (nSPS) is 21.7. The van der Waals surface area contributed by atoms with Crippen molar-refractivity contribution in [3.63, 3.8) is 0 Å². The number of aromatic nitrogens is 2. The molecule has 2 atom stereocenters. The van der Waals surface area contributed by atoms with Gasteiger partial charge in [-0.1, -0.05) is 26.0 Å². The Morgan fingerprint density at radius 2 is 1.91 bits per heavy atom. The zero-order chi connectivity index (χ0) is 16.8. The maximum atomic E-state index is 12.5. The second-order valence-corrected chi connectivity index (χ2v) is 6.28. The molecule has 3 rings (SSSR count). The predicted molar refractivity (Wildman–Crippen MR) is 81.5 cm³/mol. The summed E-state index contributed by atoms with van der Waals surface area (Å²) in [4.78, 5) is 23.7. The summed E-state index contributed by atoms with van der Waals surface area (Å²) < 4.78 is 5.40. The van der Waals surface area contributed by atoms with E-state index in [1.807, 2.05) is 0 Å². The van der Waals surface area contributed by atoms with Crippen molar-refractivity contribution in [3.05, 3.63) is 30.2 Å². The third kappa shape index (κ3) is 2.58. The summed E-state index contributed by atoms with van der Waals surface area (Å²) in [6.45, 7) is 5.24. The Kier molecular flexibility index (Phi) is 3.43. The number of rotatable bonds is 4. The molecule has 1 amide bonds. The van der Waals surface area contributed by atoms with Gasteiger partial charge in [0, 0.05) is 6.92 Å². The van der Waals surface area contributed by atoms with Gasteiger partial charge in [-0.05, 0) is 17.5 Å². The van der Waals surface area contributed by atoms with Crippen molar-refractivity contribution in [2.24, 2.45) is 17.3 Å². The van der Waals surface area contributed by atoms with Gasteiger partial charge in [0.15, 0.2) is 0 Å². The van der Waals surface area contributed by atoms with E-state index in [0.29, 0.717) is 23.0 Å². The summed E-state index contributed by atoms with van der Waals surface area (Å²) in [6.07, 6.45) is 0. The standard InChI is InChI=1S/C16H17N3O4/c1-8-18-19-14(23-8)9-6-4-5-7-10(9)17-13(20)11-12(15(21)22)16(11,2)3/h4-7,11-12H,1-3H3,(H,17,20)(H,21,22)/t11-,12+/m0/s1. The monoisotopic (exact) mass is 315 g/mol. The molecular weight excluding hydrogens is 298 g/mol. The SMILES string of the molecule is Cc1nnc(-c2ccccc2NC(=O)[C@@H]2[C@H](C(=O)O)C2(C)C)o1. The Balaban J connectivity index is 1.85. The first-order chi connectivity index (χ1) is 10.8. The number of carbonyl (C=O) groups excluding carboxylic acids is 1. The van der Waals surface area contributed by atoms with E-state index in [-0.39, 0.29) is 5.91 Å². The minimum Gasteiger partial charge on any atom is -0.481 e. The fourth-order valence-electron chi connectivity index (χ4n) is 2.98. The second kappa shape index (κ2) is 5.19.